The van der Waals surface area contributed by atoms with Crippen molar-refractivity contribution in [3.63, 3.8) is 0 Å². The molecule has 0 aliphatic carbocycles. The molecule has 1 aromatic rings. The van der Waals surface area contributed by atoms with Crippen LogP contribution in [0.25, 0.3) is 0 Å². The average Bonchev–Trinajstić information content (AvgIpc) is 2.29. The zero-order chi connectivity index (χ0) is 10.0. The van der Waals surface area contributed by atoms with E-state index in [2.05, 4.69) is 5.10 Å². The molecule has 74 valence electrons. The second-order valence-electron chi connectivity index (χ2n) is 3.45. The highest BCUT2D eigenvalue weighted by molar-refractivity contribution is 5.46. The molecule has 1 rings (SSSR count). The number of aryl methyl sites for hydroxylation is 2. The molecule has 0 bridgehead atoms. The summed E-state index contributed by atoms with van der Waals surface area (Å²) in [6.07, 6.45) is 0.423. The van der Waals surface area contributed by atoms with Crippen LogP contribution in [0.1, 0.15) is 24.7 Å². The van der Waals surface area contributed by atoms with Crippen molar-refractivity contribution in [2.24, 2.45) is 0 Å². The lowest BCUT2D eigenvalue weighted by Gasteiger charge is -2.05. The lowest BCUT2D eigenvalue weighted by Crippen LogP contribution is -2.09. The lowest BCUT2D eigenvalue weighted by atomic mass is 10.3. The van der Waals surface area contributed by atoms with Crippen LogP contribution in [-0.2, 0) is 6.54 Å². The van der Waals surface area contributed by atoms with Gasteiger partial charge in [0, 0.05) is 6.54 Å². The quantitative estimate of drug-likeness (QED) is 0.730. The zero-order valence-electron chi connectivity index (χ0n) is 8.41. The molecule has 1 unspecified atom stereocenters. The first-order valence-corrected chi connectivity index (χ1v) is 4.50. The molecule has 4 heteroatoms. The van der Waals surface area contributed by atoms with Crippen molar-refractivity contribution in [2.45, 2.75) is 39.8 Å². The third kappa shape index (κ3) is 2.21. The maximum Gasteiger partial charge on any atom is 0.0825 e. The molecule has 0 saturated carbocycles. The van der Waals surface area contributed by atoms with Crippen LogP contribution >= 0.6 is 0 Å². The van der Waals surface area contributed by atoms with E-state index >= 15 is 0 Å². The fourth-order valence-corrected chi connectivity index (χ4v) is 1.24. The Bertz CT molecular complexity index is 291. The van der Waals surface area contributed by atoms with E-state index in [1.54, 1.807) is 6.92 Å². The first kappa shape index (κ1) is 10.1. The van der Waals surface area contributed by atoms with Crippen LogP contribution in [0.2, 0.25) is 0 Å². The molecule has 0 aromatic carbocycles. The number of nitrogen functional groups attached to an aromatic ring is 1. The average molecular weight is 183 g/mol. The smallest absolute Gasteiger partial charge is 0.0825 e. The second kappa shape index (κ2) is 3.79. The topological polar surface area (TPSA) is 64.1 Å². The van der Waals surface area contributed by atoms with Crippen molar-refractivity contribution in [2.75, 3.05) is 5.73 Å². The standard InChI is InChI=1S/C9H17N3O/c1-6(13)4-5-12-8(3)9(10)7(2)11-12/h6,13H,4-5,10H2,1-3H3. The Balaban J connectivity index is 2.72. The van der Waals surface area contributed by atoms with Crippen molar-refractivity contribution >= 4 is 5.69 Å². The highest BCUT2D eigenvalue weighted by Crippen LogP contribution is 2.15. The highest BCUT2D eigenvalue weighted by Gasteiger charge is 2.07. The molecule has 0 saturated heterocycles. The maximum absolute atomic E-state index is 9.11. The summed E-state index contributed by atoms with van der Waals surface area (Å²) in [6.45, 7) is 6.33. The summed E-state index contributed by atoms with van der Waals surface area (Å²) in [6, 6.07) is 0. The summed E-state index contributed by atoms with van der Waals surface area (Å²) in [5.74, 6) is 0. The van der Waals surface area contributed by atoms with E-state index in [1.165, 1.54) is 0 Å². The Morgan fingerprint density at radius 1 is 1.54 bits per heavy atom. The van der Waals surface area contributed by atoms with Crippen molar-refractivity contribution in [1.82, 2.24) is 9.78 Å². The third-order valence-corrected chi connectivity index (χ3v) is 2.20. The van der Waals surface area contributed by atoms with Gasteiger partial charge < -0.3 is 10.8 Å². The summed E-state index contributed by atoms with van der Waals surface area (Å²) >= 11 is 0. The molecule has 1 atom stereocenters. The number of anilines is 1. The Hall–Kier alpha value is -1.03. The number of hydrogen-bond donors (Lipinski definition) is 2. The molecule has 1 aromatic heterocycles. The molecule has 3 N–H and O–H groups in total. The van der Waals surface area contributed by atoms with Gasteiger partial charge in [-0.15, -0.1) is 0 Å². The first-order valence-electron chi connectivity index (χ1n) is 4.50. The molecule has 0 fully saturated rings. The largest absolute Gasteiger partial charge is 0.396 e. The Morgan fingerprint density at radius 3 is 2.54 bits per heavy atom. The summed E-state index contributed by atoms with van der Waals surface area (Å²) < 4.78 is 1.84. The summed E-state index contributed by atoms with van der Waals surface area (Å²) in [5, 5.41) is 13.4. The van der Waals surface area contributed by atoms with Gasteiger partial charge >= 0.3 is 0 Å². The van der Waals surface area contributed by atoms with Crippen LogP contribution in [0, 0.1) is 13.8 Å². The van der Waals surface area contributed by atoms with Crippen LogP contribution in [0.4, 0.5) is 5.69 Å². The number of aliphatic hydroxyl groups excluding tert-OH is 1. The van der Waals surface area contributed by atoms with Gasteiger partial charge in [-0.1, -0.05) is 0 Å². The van der Waals surface area contributed by atoms with E-state index in [4.69, 9.17) is 10.8 Å². The molecule has 4 nitrogen and oxygen atoms in total. The molecule has 0 spiro atoms. The van der Waals surface area contributed by atoms with Crippen molar-refractivity contribution in [3.05, 3.63) is 11.4 Å². The van der Waals surface area contributed by atoms with E-state index in [1.807, 2.05) is 18.5 Å². The van der Waals surface area contributed by atoms with Gasteiger partial charge in [-0.25, -0.2) is 0 Å². The normalized spacial score (nSPS) is 13.2. The maximum atomic E-state index is 9.11. The predicted molar refractivity (Wildman–Crippen MR) is 52.4 cm³/mol. The van der Waals surface area contributed by atoms with Crippen molar-refractivity contribution < 1.29 is 5.11 Å². The minimum absolute atomic E-state index is 0.287. The van der Waals surface area contributed by atoms with Crippen LogP contribution in [0.15, 0.2) is 0 Å². The van der Waals surface area contributed by atoms with Crippen LogP contribution < -0.4 is 5.73 Å². The Kier molecular flexibility index (Phi) is 2.93. The number of nitrogens with zero attached hydrogens (tertiary/aromatic N) is 2. The van der Waals surface area contributed by atoms with Gasteiger partial charge in [0.15, 0.2) is 0 Å². The summed E-state index contributed by atoms with van der Waals surface area (Å²) in [7, 11) is 0. The third-order valence-electron chi connectivity index (χ3n) is 2.20. The van der Waals surface area contributed by atoms with Crippen LogP contribution in [0.5, 0.6) is 0 Å². The number of nitrogens with two attached hydrogens (primary N) is 1. The minimum atomic E-state index is -0.287. The molecule has 0 amide bonds. The van der Waals surface area contributed by atoms with Crippen molar-refractivity contribution in [1.29, 1.82) is 0 Å². The van der Waals surface area contributed by atoms with Gasteiger partial charge in [0.2, 0.25) is 0 Å². The Morgan fingerprint density at radius 2 is 2.15 bits per heavy atom. The summed E-state index contributed by atoms with van der Waals surface area (Å²) in [4.78, 5) is 0. The number of rotatable bonds is 3. The van der Waals surface area contributed by atoms with Crippen molar-refractivity contribution in [3.8, 4) is 0 Å². The summed E-state index contributed by atoms with van der Waals surface area (Å²) in [5.41, 5.74) is 8.37. The number of hydrogen-bond acceptors (Lipinski definition) is 3. The molecular formula is C9H17N3O. The lowest BCUT2D eigenvalue weighted by molar-refractivity contribution is 0.176. The van der Waals surface area contributed by atoms with Gasteiger partial charge in [-0.2, -0.15) is 5.10 Å². The predicted octanol–water partition coefficient (Wildman–Crippen LogP) is 0.853. The Labute approximate surface area is 78.4 Å². The molecule has 1 heterocycles. The van der Waals surface area contributed by atoms with Gasteiger partial charge in [-0.05, 0) is 27.2 Å². The molecule has 0 aliphatic rings. The number of aromatic nitrogens is 2. The van der Waals surface area contributed by atoms with E-state index in [0.29, 0.717) is 6.42 Å². The van der Waals surface area contributed by atoms with E-state index in [-0.39, 0.29) is 6.10 Å². The van der Waals surface area contributed by atoms with E-state index in [0.717, 1.165) is 23.6 Å². The van der Waals surface area contributed by atoms with Crippen LogP contribution in [-0.4, -0.2) is 21.0 Å². The van der Waals surface area contributed by atoms with Crippen LogP contribution in [0.3, 0.4) is 0 Å². The molecule has 0 aliphatic heterocycles. The fourth-order valence-electron chi connectivity index (χ4n) is 1.24. The first-order chi connectivity index (χ1) is 6.02. The van der Waals surface area contributed by atoms with Gasteiger partial charge in [0.05, 0.1) is 23.2 Å². The van der Waals surface area contributed by atoms with Gasteiger partial charge in [0.1, 0.15) is 0 Å². The van der Waals surface area contributed by atoms with E-state index in [9.17, 15) is 0 Å². The zero-order valence-corrected chi connectivity index (χ0v) is 8.41. The second-order valence-corrected chi connectivity index (χ2v) is 3.45. The molecular weight excluding hydrogens is 166 g/mol. The molecule has 13 heavy (non-hydrogen) atoms. The van der Waals surface area contributed by atoms with E-state index < -0.39 is 0 Å². The monoisotopic (exact) mass is 183 g/mol. The van der Waals surface area contributed by atoms with Gasteiger partial charge in [-0.3, -0.25) is 4.68 Å². The highest BCUT2D eigenvalue weighted by atomic mass is 16.3. The van der Waals surface area contributed by atoms with Gasteiger partial charge in [0.25, 0.3) is 0 Å². The SMILES string of the molecule is Cc1nn(CCC(C)O)c(C)c1N. The molecule has 0 radical (unpaired) electrons. The minimum Gasteiger partial charge on any atom is -0.396 e. The number of aliphatic hydroxyl groups is 1. The fraction of sp³-hybridized carbons (Fsp3) is 0.667.